The molecule has 200 valence electrons. The van der Waals surface area contributed by atoms with Crippen molar-refractivity contribution in [3.05, 3.63) is 53.2 Å². The normalized spacial score (nSPS) is 24.7. The Bertz CT molecular complexity index is 1340. The molecule has 6 nitrogen and oxygen atoms in total. The van der Waals surface area contributed by atoms with E-state index in [9.17, 15) is 0 Å². The lowest BCUT2D eigenvalue weighted by Crippen LogP contribution is -2.56. The fourth-order valence-electron chi connectivity index (χ4n) is 7.75. The minimum absolute atomic E-state index is 0.459. The standard InChI is InChI=1S/C32H41N5O/c1-22-12-14-32(17-22)20-37(21-32)30-26-13-16-36(28-11-5-9-24-8-4-7-23(2)29(24)28)18-27(26)33-31(34-30)38-19-25-10-6-15-35(25)3/h4-5,7-9,11,22,25H,6,10,12-21H2,1-3H3/t22?,25-/m0/s1. The zero-order chi connectivity index (χ0) is 25.9. The van der Waals surface area contributed by atoms with Crippen LogP contribution in [0.4, 0.5) is 11.5 Å². The van der Waals surface area contributed by atoms with Crippen LogP contribution in [0.5, 0.6) is 6.01 Å². The molecule has 0 bridgehead atoms. The molecular weight excluding hydrogens is 470 g/mol. The number of nitrogens with zero attached hydrogens (tertiary/aromatic N) is 5. The van der Waals surface area contributed by atoms with Crippen LogP contribution in [0.2, 0.25) is 0 Å². The van der Waals surface area contributed by atoms with Gasteiger partial charge in [-0.15, -0.1) is 0 Å². The first kappa shape index (κ1) is 24.2. The van der Waals surface area contributed by atoms with Gasteiger partial charge in [-0.3, -0.25) is 0 Å². The molecule has 6 heteroatoms. The molecule has 2 aromatic carbocycles. The van der Waals surface area contributed by atoms with E-state index in [1.165, 1.54) is 59.7 Å². The monoisotopic (exact) mass is 511 g/mol. The maximum Gasteiger partial charge on any atom is 0.318 e. The van der Waals surface area contributed by atoms with Gasteiger partial charge in [0.15, 0.2) is 0 Å². The summed E-state index contributed by atoms with van der Waals surface area (Å²) in [6.45, 7) is 10.5. The molecule has 4 heterocycles. The second-order valence-corrected chi connectivity index (χ2v) is 12.7. The SMILES string of the molecule is Cc1cccc2cccc(N3CCc4c(nc(OC[C@@H]5CCCN5C)nc4N4CC5(CCC(C)C5)C4)C3)c12. The van der Waals surface area contributed by atoms with Crippen LogP contribution in [0, 0.1) is 18.3 Å². The van der Waals surface area contributed by atoms with E-state index < -0.39 is 0 Å². The quantitative estimate of drug-likeness (QED) is 0.444. The van der Waals surface area contributed by atoms with Gasteiger partial charge >= 0.3 is 6.01 Å². The van der Waals surface area contributed by atoms with E-state index in [2.05, 4.69) is 72.0 Å². The lowest BCUT2D eigenvalue weighted by molar-refractivity contribution is 0.185. The molecule has 1 saturated carbocycles. The third-order valence-corrected chi connectivity index (χ3v) is 9.83. The summed E-state index contributed by atoms with van der Waals surface area (Å²) < 4.78 is 6.34. The first-order chi connectivity index (χ1) is 18.5. The molecule has 1 aromatic heterocycles. The van der Waals surface area contributed by atoms with Gasteiger partial charge < -0.3 is 19.4 Å². The summed E-state index contributed by atoms with van der Waals surface area (Å²) in [5.41, 5.74) is 5.62. The molecule has 1 unspecified atom stereocenters. The molecule has 38 heavy (non-hydrogen) atoms. The van der Waals surface area contributed by atoms with Crippen molar-refractivity contribution < 1.29 is 4.74 Å². The van der Waals surface area contributed by atoms with E-state index in [-0.39, 0.29) is 0 Å². The van der Waals surface area contributed by atoms with E-state index in [1.807, 2.05) is 0 Å². The molecule has 2 atom stereocenters. The maximum absolute atomic E-state index is 6.34. The summed E-state index contributed by atoms with van der Waals surface area (Å²) >= 11 is 0. The Balaban J connectivity index is 1.20. The van der Waals surface area contributed by atoms with E-state index in [0.29, 0.717) is 24.1 Å². The number of anilines is 2. The van der Waals surface area contributed by atoms with Gasteiger partial charge in [-0.1, -0.05) is 43.7 Å². The van der Waals surface area contributed by atoms with Crippen LogP contribution in [0.15, 0.2) is 36.4 Å². The zero-order valence-electron chi connectivity index (χ0n) is 23.2. The smallest absolute Gasteiger partial charge is 0.318 e. The van der Waals surface area contributed by atoms with Gasteiger partial charge in [0.05, 0.1) is 12.2 Å². The Kier molecular flexibility index (Phi) is 5.99. The van der Waals surface area contributed by atoms with Gasteiger partial charge in [0.1, 0.15) is 12.4 Å². The summed E-state index contributed by atoms with van der Waals surface area (Å²) in [6.07, 6.45) is 7.51. The van der Waals surface area contributed by atoms with Gasteiger partial charge in [-0.2, -0.15) is 9.97 Å². The van der Waals surface area contributed by atoms with Crippen molar-refractivity contribution in [2.75, 3.05) is 49.6 Å². The number of hydrogen-bond acceptors (Lipinski definition) is 6. The Labute approximate surface area is 227 Å². The van der Waals surface area contributed by atoms with E-state index in [1.54, 1.807) is 0 Å². The first-order valence-electron chi connectivity index (χ1n) is 14.7. The van der Waals surface area contributed by atoms with Gasteiger partial charge in [-0.05, 0) is 75.6 Å². The van der Waals surface area contributed by atoms with Gasteiger partial charge in [0.25, 0.3) is 0 Å². The van der Waals surface area contributed by atoms with Crippen molar-refractivity contribution >= 4 is 22.3 Å². The number of aryl methyl sites for hydroxylation is 1. The highest BCUT2D eigenvalue weighted by atomic mass is 16.5. The lowest BCUT2D eigenvalue weighted by atomic mass is 9.77. The van der Waals surface area contributed by atoms with Crippen molar-refractivity contribution in [2.24, 2.45) is 11.3 Å². The van der Waals surface area contributed by atoms with Crippen LogP contribution < -0.4 is 14.5 Å². The largest absolute Gasteiger partial charge is 0.462 e. The Hall–Kier alpha value is -2.86. The van der Waals surface area contributed by atoms with E-state index >= 15 is 0 Å². The molecule has 0 radical (unpaired) electrons. The number of ether oxygens (including phenoxy) is 1. The highest BCUT2D eigenvalue weighted by Crippen LogP contribution is 2.50. The minimum Gasteiger partial charge on any atom is -0.462 e. The highest BCUT2D eigenvalue weighted by molar-refractivity contribution is 5.97. The van der Waals surface area contributed by atoms with Gasteiger partial charge in [0.2, 0.25) is 0 Å². The second-order valence-electron chi connectivity index (χ2n) is 12.7. The van der Waals surface area contributed by atoms with Crippen LogP contribution in [-0.4, -0.2) is 60.7 Å². The summed E-state index contributed by atoms with van der Waals surface area (Å²) in [5, 5.41) is 2.66. The van der Waals surface area contributed by atoms with Crippen LogP contribution in [0.1, 0.15) is 55.8 Å². The van der Waals surface area contributed by atoms with Crippen molar-refractivity contribution in [1.29, 1.82) is 0 Å². The average molecular weight is 512 g/mol. The fraction of sp³-hybridized carbons (Fsp3) is 0.562. The number of aromatic nitrogens is 2. The topological polar surface area (TPSA) is 44.7 Å². The molecule has 1 aliphatic carbocycles. The molecule has 3 aromatic rings. The summed E-state index contributed by atoms with van der Waals surface area (Å²) in [5.74, 6) is 2.00. The molecule has 7 rings (SSSR count). The average Bonchev–Trinajstić information content (AvgIpc) is 3.50. The van der Waals surface area contributed by atoms with Crippen LogP contribution in [0.25, 0.3) is 10.8 Å². The van der Waals surface area contributed by atoms with Crippen molar-refractivity contribution in [3.63, 3.8) is 0 Å². The number of hydrogen-bond donors (Lipinski definition) is 0. The molecule has 0 amide bonds. The zero-order valence-corrected chi connectivity index (χ0v) is 23.2. The number of rotatable bonds is 5. The van der Waals surface area contributed by atoms with Gasteiger partial charge in [0, 0.05) is 47.7 Å². The molecule has 3 fully saturated rings. The van der Waals surface area contributed by atoms with E-state index in [0.717, 1.165) is 56.6 Å². The number of fused-ring (bicyclic) bond motifs is 2. The Morgan fingerprint density at radius 1 is 1.03 bits per heavy atom. The van der Waals surface area contributed by atoms with Crippen molar-refractivity contribution in [1.82, 2.24) is 14.9 Å². The molecular formula is C32H41N5O. The van der Waals surface area contributed by atoms with Crippen LogP contribution >= 0.6 is 0 Å². The molecule has 1 spiro atoms. The second kappa shape index (κ2) is 9.41. The third kappa shape index (κ3) is 4.21. The first-order valence-corrected chi connectivity index (χ1v) is 14.7. The summed E-state index contributed by atoms with van der Waals surface area (Å²) in [6, 6.07) is 14.3. The molecule has 4 aliphatic rings. The maximum atomic E-state index is 6.34. The van der Waals surface area contributed by atoms with Gasteiger partial charge in [-0.25, -0.2) is 0 Å². The number of benzene rings is 2. The van der Waals surface area contributed by atoms with E-state index in [4.69, 9.17) is 14.7 Å². The fourth-order valence-corrected chi connectivity index (χ4v) is 7.75. The van der Waals surface area contributed by atoms with Crippen molar-refractivity contribution in [2.45, 2.75) is 65.0 Å². The minimum atomic E-state index is 0.459. The predicted octanol–water partition coefficient (Wildman–Crippen LogP) is 5.60. The Morgan fingerprint density at radius 3 is 2.63 bits per heavy atom. The summed E-state index contributed by atoms with van der Waals surface area (Å²) in [7, 11) is 2.20. The molecule has 2 saturated heterocycles. The lowest BCUT2D eigenvalue weighted by Gasteiger charge is -2.50. The summed E-state index contributed by atoms with van der Waals surface area (Å²) in [4.78, 5) is 17.6. The molecule has 3 aliphatic heterocycles. The number of likely N-dealkylation sites (N-methyl/N-ethyl adjacent to an activating group) is 1. The predicted molar refractivity (Wildman–Crippen MR) is 154 cm³/mol. The molecule has 0 N–H and O–H groups in total. The van der Waals surface area contributed by atoms with Crippen molar-refractivity contribution in [3.8, 4) is 6.01 Å². The Morgan fingerprint density at radius 2 is 1.87 bits per heavy atom. The highest BCUT2D eigenvalue weighted by Gasteiger charge is 2.48. The number of likely N-dealkylation sites (tertiary alicyclic amines) is 1. The van der Waals surface area contributed by atoms with Crippen LogP contribution in [-0.2, 0) is 13.0 Å². The third-order valence-electron chi connectivity index (χ3n) is 9.83. The van der Waals surface area contributed by atoms with Crippen LogP contribution in [0.3, 0.4) is 0 Å².